The highest BCUT2D eigenvalue weighted by atomic mass is 19.2. The van der Waals surface area contributed by atoms with E-state index in [4.69, 9.17) is 0 Å². The molecule has 0 bridgehead atoms. The molecule has 7 heteroatoms. The number of imidazole rings is 1. The summed E-state index contributed by atoms with van der Waals surface area (Å²) in [7, 11) is 1.17. The van der Waals surface area contributed by atoms with E-state index in [9.17, 15) is 18.4 Å². The second-order valence-electron chi connectivity index (χ2n) is 4.00. The molecule has 0 saturated carbocycles. The molecule has 2 aromatic rings. The molecule has 0 aliphatic carbocycles. The number of hydrogen-bond donors (Lipinski definition) is 1. The maximum atomic E-state index is 13.8. The van der Waals surface area contributed by atoms with Crippen LogP contribution in [0, 0.1) is 11.6 Å². The third-order valence-electron chi connectivity index (χ3n) is 2.94. The molecule has 102 valence electrons. The largest absolute Gasteiger partial charge is 0.467 e. The standard InChI is InChI=1S/C12H12F2N2O3/c1-3-8(11(17)19-2)16-10-7(15-12(16)18)5-4-6(13)9(10)14/h4-5,8H,3H2,1-2H3,(H,15,18). The number of rotatable bonds is 3. The molecule has 0 aliphatic heterocycles. The van der Waals surface area contributed by atoms with Gasteiger partial charge in [-0.25, -0.2) is 18.4 Å². The van der Waals surface area contributed by atoms with Gasteiger partial charge >= 0.3 is 11.7 Å². The molecule has 1 aromatic carbocycles. The molecule has 2 rings (SSSR count). The van der Waals surface area contributed by atoms with Gasteiger partial charge in [-0.1, -0.05) is 6.92 Å². The number of methoxy groups -OCH3 is 1. The van der Waals surface area contributed by atoms with Crippen molar-refractivity contribution in [3.8, 4) is 0 Å². The summed E-state index contributed by atoms with van der Waals surface area (Å²) in [5, 5.41) is 0. The number of H-pyrrole nitrogens is 1. The highest BCUT2D eigenvalue weighted by molar-refractivity contribution is 5.81. The Morgan fingerprint density at radius 1 is 1.47 bits per heavy atom. The van der Waals surface area contributed by atoms with Gasteiger partial charge in [-0.05, 0) is 18.6 Å². The van der Waals surface area contributed by atoms with Crippen LogP contribution in [0.1, 0.15) is 19.4 Å². The van der Waals surface area contributed by atoms with Gasteiger partial charge < -0.3 is 9.72 Å². The minimum atomic E-state index is -1.17. The van der Waals surface area contributed by atoms with Crippen molar-refractivity contribution in [1.82, 2.24) is 9.55 Å². The van der Waals surface area contributed by atoms with E-state index in [0.29, 0.717) is 0 Å². The zero-order chi connectivity index (χ0) is 14.2. The SMILES string of the molecule is CCC(C(=O)OC)n1c(=O)[nH]c2ccc(F)c(F)c21. The van der Waals surface area contributed by atoms with Gasteiger partial charge in [0.25, 0.3) is 0 Å². The first-order chi connectivity index (χ1) is 9.01. The maximum Gasteiger partial charge on any atom is 0.329 e. The Morgan fingerprint density at radius 3 is 2.74 bits per heavy atom. The molecule has 1 N–H and O–H groups in total. The van der Waals surface area contributed by atoms with Crippen LogP contribution >= 0.6 is 0 Å². The van der Waals surface area contributed by atoms with Crippen LogP contribution in [0.5, 0.6) is 0 Å². The van der Waals surface area contributed by atoms with Crippen molar-refractivity contribution in [3.05, 3.63) is 34.3 Å². The highest BCUT2D eigenvalue weighted by Gasteiger charge is 2.26. The van der Waals surface area contributed by atoms with Crippen molar-refractivity contribution >= 4 is 17.0 Å². The van der Waals surface area contributed by atoms with Crippen LogP contribution < -0.4 is 5.69 Å². The summed E-state index contributed by atoms with van der Waals surface area (Å²) in [5.74, 6) is -2.94. The summed E-state index contributed by atoms with van der Waals surface area (Å²) in [6, 6.07) is 1.16. The van der Waals surface area contributed by atoms with Crippen molar-refractivity contribution in [2.75, 3.05) is 7.11 Å². The average Bonchev–Trinajstić information content (AvgIpc) is 2.72. The number of aromatic amines is 1. The number of carbonyl (C=O) groups is 1. The summed E-state index contributed by atoms with van der Waals surface area (Å²) in [4.78, 5) is 25.8. The molecule has 5 nitrogen and oxygen atoms in total. The van der Waals surface area contributed by atoms with Crippen LogP contribution in [0.15, 0.2) is 16.9 Å². The number of esters is 1. The minimum absolute atomic E-state index is 0.131. The van der Waals surface area contributed by atoms with Crippen molar-refractivity contribution in [1.29, 1.82) is 0 Å². The van der Waals surface area contributed by atoms with E-state index < -0.39 is 29.3 Å². The number of halogens is 2. The Hall–Kier alpha value is -2.18. The number of hydrogen-bond acceptors (Lipinski definition) is 3. The number of aromatic nitrogens is 2. The number of fused-ring (bicyclic) bond motifs is 1. The number of nitrogens with one attached hydrogen (secondary N) is 1. The van der Waals surface area contributed by atoms with Crippen LogP contribution in [0.25, 0.3) is 11.0 Å². The molecule has 0 fully saturated rings. The molecule has 0 spiro atoms. The second kappa shape index (κ2) is 4.83. The fourth-order valence-corrected chi connectivity index (χ4v) is 2.04. The first-order valence-corrected chi connectivity index (χ1v) is 5.67. The molecular weight excluding hydrogens is 258 g/mol. The van der Waals surface area contributed by atoms with Gasteiger partial charge in [-0.15, -0.1) is 0 Å². The third kappa shape index (κ3) is 2.00. The maximum absolute atomic E-state index is 13.8. The van der Waals surface area contributed by atoms with Crippen molar-refractivity contribution in [2.24, 2.45) is 0 Å². The lowest BCUT2D eigenvalue weighted by Crippen LogP contribution is -2.29. The first kappa shape index (κ1) is 13.3. The Balaban J connectivity index is 2.78. The molecule has 0 amide bonds. The van der Waals surface area contributed by atoms with E-state index in [1.807, 2.05) is 0 Å². The van der Waals surface area contributed by atoms with Crippen molar-refractivity contribution < 1.29 is 18.3 Å². The Bertz CT molecular complexity index is 690. The lowest BCUT2D eigenvalue weighted by atomic mass is 10.2. The quantitative estimate of drug-likeness (QED) is 0.864. The Labute approximate surface area is 106 Å². The predicted octanol–water partition coefficient (Wildman–Crippen LogP) is 1.73. The summed E-state index contributed by atoms with van der Waals surface area (Å²) in [6.45, 7) is 1.64. The molecule has 1 heterocycles. The summed E-state index contributed by atoms with van der Waals surface area (Å²) < 4.78 is 32.6. The molecule has 19 heavy (non-hydrogen) atoms. The summed E-state index contributed by atoms with van der Waals surface area (Å²) in [6.07, 6.45) is 0.218. The topological polar surface area (TPSA) is 64.1 Å². The third-order valence-corrected chi connectivity index (χ3v) is 2.94. The molecule has 0 saturated heterocycles. The molecule has 1 unspecified atom stereocenters. The normalized spacial score (nSPS) is 12.6. The van der Waals surface area contributed by atoms with Gasteiger partial charge in [0, 0.05) is 0 Å². The zero-order valence-electron chi connectivity index (χ0n) is 10.4. The smallest absolute Gasteiger partial charge is 0.329 e. The predicted molar refractivity (Wildman–Crippen MR) is 63.8 cm³/mol. The summed E-state index contributed by atoms with van der Waals surface area (Å²) in [5.41, 5.74) is -0.815. The van der Waals surface area contributed by atoms with Gasteiger partial charge in [0.2, 0.25) is 0 Å². The van der Waals surface area contributed by atoms with E-state index in [1.54, 1.807) is 6.92 Å². The lowest BCUT2D eigenvalue weighted by Gasteiger charge is -2.14. The van der Waals surface area contributed by atoms with Crippen LogP contribution in [-0.2, 0) is 9.53 Å². The van der Waals surface area contributed by atoms with Crippen LogP contribution in [-0.4, -0.2) is 22.6 Å². The summed E-state index contributed by atoms with van der Waals surface area (Å²) >= 11 is 0. The Kier molecular flexibility index (Phi) is 3.37. The molecular formula is C12H12F2N2O3. The molecule has 0 aliphatic rings. The number of nitrogens with zero attached hydrogens (tertiary/aromatic N) is 1. The zero-order valence-corrected chi connectivity index (χ0v) is 10.4. The van der Waals surface area contributed by atoms with E-state index in [1.165, 1.54) is 13.2 Å². The van der Waals surface area contributed by atoms with E-state index in [-0.39, 0.29) is 17.5 Å². The number of ether oxygens (including phenoxy) is 1. The average molecular weight is 270 g/mol. The molecule has 0 radical (unpaired) electrons. The molecule has 1 aromatic heterocycles. The van der Waals surface area contributed by atoms with Crippen LogP contribution in [0.4, 0.5) is 8.78 Å². The monoisotopic (exact) mass is 270 g/mol. The van der Waals surface area contributed by atoms with Crippen molar-refractivity contribution in [3.63, 3.8) is 0 Å². The van der Waals surface area contributed by atoms with E-state index >= 15 is 0 Å². The van der Waals surface area contributed by atoms with Gasteiger partial charge in [0.1, 0.15) is 11.6 Å². The fraction of sp³-hybridized carbons (Fsp3) is 0.333. The second-order valence-corrected chi connectivity index (χ2v) is 4.00. The van der Waals surface area contributed by atoms with Crippen LogP contribution in [0.2, 0.25) is 0 Å². The highest BCUT2D eigenvalue weighted by Crippen LogP contribution is 2.22. The molecule has 1 atom stereocenters. The lowest BCUT2D eigenvalue weighted by molar-refractivity contribution is -0.144. The number of benzene rings is 1. The van der Waals surface area contributed by atoms with E-state index in [0.717, 1.165) is 10.6 Å². The van der Waals surface area contributed by atoms with Gasteiger partial charge in [0.15, 0.2) is 11.6 Å². The first-order valence-electron chi connectivity index (χ1n) is 5.67. The fourth-order valence-electron chi connectivity index (χ4n) is 2.04. The Morgan fingerprint density at radius 2 is 2.16 bits per heavy atom. The van der Waals surface area contributed by atoms with Gasteiger partial charge in [-0.2, -0.15) is 0 Å². The van der Waals surface area contributed by atoms with E-state index in [2.05, 4.69) is 9.72 Å². The van der Waals surface area contributed by atoms with Crippen molar-refractivity contribution in [2.45, 2.75) is 19.4 Å². The van der Waals surface area contributed by atoms with Crippen LogP contribution in [0.3, 0.4) is 0 Å². The van der Waals surface area contributed by atoms with Gasteiger partial charge in [-0.3, -0.25) is 4.57 Å². The minimum Gasteiger partial charge on any atom is -0.467 e. The van der Waals surface area contributed by atoms with Gasteiger partial charge in [0.05, 0.1) is 12.6 Å². The number of carbonyl (C=O) groups excluding carboxylic acids is 1.